The van der Waals surface area contributed by atoms with Gasteiger partial charge in [-0.25, -0.2) is 4.98 Å². The van der Waals surface area contributed by atoms with E-state index >= 15 is 0 Å². The van der Waals surface area contributed by atoms with Crippen molar-refractivity contribution in [3.8, 4) is 17.3 Å². The summed E-state index contributed by atoms with van der Waals surface area (Å²) < 4.78 is 15.5. The van der Waals surface area contributed by atoms with Crippen LogP contribution in [0.1, 0.15) is 47.1 Å². The van der Waals surface area contributed by atoms with Gasteiger partial charge >= 0.3 is 0 Å². The van der Waals surface area contributed by atoms with Gasteiger partial charge in [-0.15, -0.1) is 0 Å². The van der Waals surface area contributed by atoms with Crippen molar-refractivity contribution in [3.63, 3.8) is 0 Å². The van der Waals surface area contributed by atoms with Gasteiger partial charge < -0.3 is 19.0 Å². The first-order chi connectivity index (χ1) is 24.0. The number of anilines is 3. The van der Waals surface area contributed by atoms with E-state index in [-0.39, 0.29) is 11.0 Å². The Bertz CT molecular complexity index is 2600. The summed E-state index contributed by atoms with van der Waals surface area (Å²) in [5.41, 5.74) is 8.44. The van der Waals surface area contributed by atoms with Crippen molar-refractivity contribution < 1.29 is 9.15 Å². The highest BCUT2D eigenvalue weighted by molar-refractivity contribution is 6.21. The second-order valence-corrected chi connectivity index (χ2v) is 15.4. The standard InChI is InChI=1S/C44H40N4O2/c1-43(2,3)28-22-23-45-40(24-28)48-38-26-31(18-19-32(38)34-20-21-35-33-14-7-10-17-39(33)50-42(35)41(34)48)49-30-13-11-12-29(25-30)46-27-47(44(4,5)6)37-16-9-8-15-36(37)46/h7-26H,27H2,1-6H3. The Kier molecular flexibility index (Phi) is 6.60. The molecule has 0 radical (unpaired) electrons. The zero-order valence-corrected chi connectivity index (χ0v) is 29.4. The Hall–Kier alpha value is -5.75. The number of aromatic nitrogens is 2. The predicted molar refractivity (Wildman–Crippen MR) is 207 cm³/mol. The fraction of sp³-hybridized carbons (Fsp3) is 0.205. The molecule has 0 atom stereocenters. The summed E-state index contributed by atoms with van der Waals surface area (Å²) in [7, 11) is 0. The third-order valence-corrected chi connectivity index (χ3v) is 10.0. The molecule has 248 valence electrons. The Balaban J connectivity index is 1.18. The number of rotatable bonds is 4. The van der Waals surface area contributed by atoms with Crippen LogP contribution in [0, 0.1) is 0 Å². The van der Waals surface area contributed by atoms with E-state index < -0.39 is 0 Å². The zero-order chi connectivity index (χ0) is 34.4. The molecule has 0 saturated carbocycles. The quantitative estimate of drug-likeness (QED) is 0.189. The molecule has 9 rings (SSSR count). The minimum absolute atomic E-state index is 0.0119. The number of ether oxygens (including phenoxy) is 1. The van der Waals surface area contributed by atoms with Gasteiger partial charge in [0.1, 0.15) is 22.9 Å². The van der Waals surface area contributed by atoms with Crippen LogP contribution in [-0.4, -0.2) is 21.8 Å². The predicted octanol–water partition coefficient (Wildman–Crippen LogP) is 11.9. The maximum Gasteiger partial charge on any atom is 0.160 e. The molecule has 0 bridgehead atoms. The van der Waals surface area contributed by atoms with Crippen LogP contribution in [0.15, 0.2) is 126 Å². The van der Waals surface area contributed by atoms with Crippen LogP contribution >= 0.6 is 0 Å². The van der Waals surface area contributed by atoms with Crippen LogP contribution in [0.2, 0.25) is 0 Å². The van der Waals surface area contributed by atoms with Crippen molar-refractivity contribution in [2.75, 3.05) is 16.5 Å². The van der Waals surface area contributed by atoms with Crippen molar-refractivity contribution in [3.05, 3.63) is 127 Å². The van der Waals surface area contributed by atoms with Gasteiger partial charge in [-0.05, 0) is 92.4 Å². The van der Waals surface area contributed by atoms with Crippen LogP contribution in [0.25, 0.3) is 49.6 Å². The first-order valence-electron chi connectivity index (χ1n) is 17.3. The minimum Gasteiger partial charge on any atom is -0.457 e. The zero-order valence-electron chi connectivity index (χ0n) is 29.4. The molecule has 0 fully saturated rings. The third-order valence-electron chi connectivity index (χ3n) is 10.0. The fourth-order valence-corrected chi connectivity index (χ4v) is 7.43. The van der Waals surface area contributed by atoms with Crippen LogP contribution in [0.3, 0.4) is 0 Å². The second-order valence-electron chi connectivity index (χ2n) is 15.4. The first kappa shape index (κ1) is 30.3. The van der Waals surface area contributed by atoms with E-state index in [0.29, 0.717) is 0 Å². The number of hydrogen-bond donors (Lipinski definition) is 0. The molecular formula is C44H40N4O2. The monoisotopic (exact) mass is 656 g/mol. The lowest BCUT2D eigenvalue weighted by Gasteiger charge is -2.34. The molecule has 6 nitrogen and oxygen atoms in total. The van der Waals surface area contributed by atoms with Crippen LogP contribution in [-0.2, 0) is 5.41 Å². The maximum absolute atomic E-state index is 6.67. The van der Waals surface area contributed by atoms with Gasteiger partial charge in [-0.3, -0.25) is 4.57 Å². The first-order valence-corrected chi connectivity index (χ1v) is 17.3. The Morgan fingerprint density at radius 2 is 1.40 bits per heavy atom. The number of fused-ring (bicyclic) bond motifs is 8. The summed E-state index contributed by atoms with van der Waals surface area (Å²) in [6.45, 7) is 14.3. The average Bonchev–Trinajstić information content (AvgIpc) is 3.78. The summed E-state index contributed by atoms with van der Waals surface area (Å²) in [5.74, 6) is 2.38. The van der Waals surface area contributed by atoms with Crippen molar-refractivity contribution in [1.29, 1.82) is 0 Å². The lowest BCUT2D eigenvalue weighted by atomic mass is 9.88. The van der Waals surface area contributed by atoms with Gasteiger partial charge in [0.15, 0.2) is 5.58 Å². The van der Waals surface area contributed by atoms with Crippen LogP contribution < -0.4 is 14.5 Å². The number of nitrogens with zero attached hydrogens (tertiary/aromatic N) is 4. The van der Waals surface area contributed by atoms with Crippen molar-refractivity contribution in [1.82, 2.24) is 9.55 Å². The molecule has 3 aromatic heterocycles. The number of furan rings is 1. The van der Waals surface area contributed by atoms with E-state index in [0.717, 1.165) is 73.4 Å². The molecule has 0 saturated heterocycles. The number of hydrogen-bond acceptors (Lipinski definition) is 5. The van der Waals surface area contributed by atoms with Gasteiger partial charge in [-0.2, -0.15) is 0 Å². The number of para-hydroxylation sites is 3. The van der Waals surface area contributed by atoms with Gasteiger partial charge in [0.05, 0.1) is 29.1 Å². The SMILES string of the molecule is CC(C)(C)c1ccnc(-n2c3cc(Oc4cccc(N5CN(C(C)(C)C)c6ccccc65)c4)ccc3c3ccc4c5ccccc5oc4c32)c1. The summed E-state index contributed by atoms with van der Waals surface area (Å²) >= 11 is 0. The summed E-state index contributed by atoms with van der Waals surface area (Å²) in [6, 6.07) is 40.3. The second kappa shape index (κ2) is 10.9. The molecule has 1 aliphatic heterocycles. The molecule has 1 aliphatic rings. The smallest absolute Gasteiger partial charge is 0.160 e. The van der Waals surface area contributed by atoms with Crippen LogP contribution in [0.4, 0.5) is 17.1 Å². The number of benzene rings is 5. The summed E-state index contributed by atoms with van der Waals surface area (Å²) in [4.78, 5) is 9.75. The highest BCUT2D eigenvalue weighted by Crippen LogP contribution is 2.45. The lowest BCUT2D eigenvalue weighted by molar-refractivity contribution is 0.483. The Morgan fingerprint density at radius 1 is 0.660 bits per heavy atom. The molecule has 50 heavy (non-hydrogen) atoms. The van der Waals surface area contributed by atoms with Crippen molar-refractivity contribution in [2.24, 2.45) is 0 Å². The van der Waals surface area contributed by atoms with Crippen molar-refractivity contribution >= 4 is 60.8 Å². The van der Waals surface area contributed by atoms with E-state index in [4.69, 9.17) is 14.1 Å². The average molecular weight is 657 g/mol. The van der Waals surface area contributed by atoms with E-state index in [9.17, 15) is 0 Å². The number of pyridine rings is 1. The normalized spacial score (nSPS) is 13.6. The van der Waals surface area contributed by atoms with E-state index in [1.165, 1.54) is 16.9 Å². The van der Waals surface area contributed by atoms with Crippen LogP contribution in [0.5, 0.6) is 11.5 Å². The summed E-state index contributed by atoms with van der Waals surface area (Å²) in [5, 5.41) is 4.42. The van der Waals surface area contributed by atoms with E-state index in [2.05, 4.69) is 153 Å². The molecule has 0 amide bonds. The topological polar surface area (TPSA) is 46.7 Å². The molecule has 0 aliphatic carbocycles. The molecule has 0 unspecified atom stereocenters. The van der Waals surface area contributed by atoms with E-state index in [1.54, 1.807) is 0 Å². The molecule has 4 heterocycles. The molecule has 6 heteroatoms. The highest BCUT2D eigenvalue weighted by atomic mass is 16.5. The van der Waals surface area contributed by atoms with Gasteiger partial charge in [0.2, 0.25) is 0 Å². The molecule has 0 N–H and O–H groups in total. The molecule has 0 spiro atoms. The molecule has 5 aromatic carbocycles. The largest absolute Gasteiger partial charge is 0.457 e. The van der Waals surface area contributed by atoms with Gasteiger partial charge in [-0.1, -0.05) is 63.2 Å². The summed E-state index contributed by atoms with van der Waals surface area (Å²) in [6.07, 6.45) is 1.91. The Morgan fingerprint density at radius 3 is 2.22 bits per heavy atom. The van der Waals surface area contributed by atoms with Gasteiger partial charge in [0, 0.05) is 51.1 Å². The molecule has 8 aromatic rings. The maximum atomic E-state index is 6.67. The lowest BCUT2D eigenvalue weighted by Crippen LogP contribution is -2.42. The highest BCUT2D eigenvalue weighted by Gasteiger charge is 2.33. The van der Waals surface area contributed by atoms with Crippen molar-refractivity contribution in [2.45, 2.75) is 52.5 Å². The minimum atomic E-state index is -0.0375. The third kappa shape index (κ3) is 4.81. The Labute approximate surface area is 292 Å². The van der Waals surface area contributed by atoms with E-state index in [1.807, 2.05) is 24.4 Å². The molecular weight excluding hydrogens is 617 g/mol. The fourth-order valence-electron chi connectivity index (χ4n) is 7.43. The van der Waals surface area contributed by atoms with Gasteiger partial charge in [0.25, 0.3) is 0 Å².